The zero-order valence-corrected chi connectivity index (χ0v) is 8.43. The lowest BCUT2D eigenvalue weighted by Crippen LogP contribution is -2.31. The molecule has 1 aliphatic carbocycles. The fourth-order valence-corrected chi connectivity index (χ4v) is 1.82. The van der Waals surface area contributed by atoms with Gasteiger partial charge in [0.25, 0.3) is 0 Å². The fourth-order valence-electron chi connectivity index (χ4n) is 1.82. The van der Waals surface area contributed by atoms with Gasteiger partial charge in [0.1, 0.15) is 5.60 Å². The van der Waals surface area contributed by atoms with Crippen molar-refractivity contribution in [2.75, 3.05) is 0 Å². The Morgan fingerprint density at radius 2 is 2.00 bits per heavy atom. The number of ether oxygens (including phenoxy) is 1. The molecular weight excluding hydrogens is 164 g/mol. The van der Waals surface area contributed by atoms with E-state index < -0.39 is 0 Å². The molecule has 0 spiro atoms. The van der Waals surface area contributed by atoms with Crippen LogP contribution in [-0.4, -0.2) is 11.6 Å². The van der Waals surface area contributed by atoms with Crippen LogP contribution in [0.2, 0.25) is 0 Å². The number of carbonyl (C=O) groups is 1. The largest absolute Gasteiger partial charge is 0.487 e. The van der Waals surface area contributed by atoms with Crippen molar-refractivity contribution in [3.05, 3.63) is 12.2 Å². The van der Waals surface area contributed by atoms with Crippen molar-refractivity contribution in [3.8, 4) is 0 Å². The second-order valence-corrected chi connectivity index (χ2v) is 3.82. The highest BCUT2D eigenvalue weighted by Crippen LogP contribution is 2.36. The number of rotatable bonds is 3. The first kappa shape index (κ1) is 10.2. The summed E-state index contributed by atoms with van der Waals surface area (Å²) in [5.74, 6) is -0.344. The molecule has 13 heavy (non-hydrogen) atoms. The Bertz CT molecular complexity index is 212. The molecule has 0 aromatic heterocycles. The minimum Gasteiger partial charge on any atom is -0.366 e. The van der Waals surface area contributed by atoms with Crippen LogP contribution in [0.1, 0.15) is 46.0 Å². The average Bonchev–Trinajstić information content (AvgIpc) is 2.54. The van der Waals surface area contributed by atoms with E-state index in [-0.39, 0.29) is 17.1 Å². The van der Waals surface area contributed by atoms with Gasteiger partial charge < -0.3 is 4.74 Å². The van der Waals surface area contributed by atoms with E-state index in [0.717, 1.165) is 32.1 Å². The van der Waals surface area contributed by atoms with Crippen molar-refractivity contribution in [1.29, 1.82) is 0 Å². The summed E-state index contributed by atoms with van der Waals surface area (Å²) in [7, 11) is 0. The SMILES string of the molecule is [CH+]=C(C)C(=O)OC1(CC)CCCC1. The number of esters is 1. The Balaban J connectivity index is 2.58. The summed E-state index contributed by atoms with van der Waals surface area (Å²) in [4.78, 5) is 11.3. The van der Waals surface area contributed by atoms with E-state index in [9.17, 15) is 4.79 Å². The van der Waals surface area contributed by atoms with Crippen LogP contribution in [0.25, 0.3) is 0 Å². The molecule has 0 aromatic carbocycles. The Labute approximate surface area is 80.0 Å². The first-order valence-corrected chi connectivity index (χ1v) is 4.92. The van der Waals surface area contributed by atoms with Crippen molar-refractivity contribution < 1.29 is 9.53 Å². The second kappa shape index (κ2) is 3.89. The van der Waals surface area contributed by atoms with Gasteiger partial charge in [-0.05, 0) is 32.1 Å². The summed E-state index contributed by atoms with van der Waals surface area (Å²) < 4.78 is 5.41. The average molecular weight is 181 g/mol. The van der Waals surface area contributed by atoms with Gasteiger partial charge in [-0.15, -0.1) is 4.79 Å². The van der Waals surface area contributed by atoms with Gasteiger partial charge in [0, 0.05) is 6.92 Å². The van der Waals surface area contributed by atoms with E-state index in [2.05, 4.69) is 6.92 Å². The Kier molecular flexibility index (Phi) is 3.05. The summed E-state index contributed by atoms with van der Waals surface area (Å²) in [6, 6.07) is 0. The van der Waals surface area contributed by atoms with Crippen LogP contribution in [-0.2, 0) is 9.53 Å². The smallest absolute Gasteiger partial charge is 0.366 e. The molecular formula is C11H17O2+. The van der Waals surface area contributed by atoms with Crippen molar-refractivity contribution in [2.24, 2.45) is 0 Å². The third-order valence-corrected chi connectivity index (χ3v) is 2.79. The molecule has 72 valence electrons. The number of carbonyl (C=O) groups excluding carboxylic acids is 1. The van der Waals surface area contributed by atoms with Crippen LogP contribution in [0, 0.1) is 6.58 Å². The molecule has 0 bridgehead atoms. The van der Waals surface area contributed by atoms with E-state index in [1.807, 2.05) is 0 Å². The fraction of sp³-hybridized carbons (Fsp3) is 0.727. The summed E-state index contributed by atoms with van der Waals surface area (Å²) in [5, 5.41) is 0. The summed E-state index contributed by atoms with van der Waals surface area (Å²) >= 11 is 0. The van der Waals surface area contributed by atoms with E-state index in [1.54, 1.807) is 6.92 Å². The van der Waals surface area contributed by atoms with Gasteiger partial charge in [0.15, 0.2) is 0 Å². The Hall–Kier alpha value is -0.880. The van der Waals surface area contributed by atoms with Gasteiger partial charge in [0.2, 0.25) is 5.57 Å². The molecule has 1 rings (SSSR count). The van der Waals surface area contributed by atoms with Crippen LogP contribution < -0.4 is 0 Å². The predicted octanol–water partition coefficient (Wildman–Crippen LogP) is 2.63. The summed E-state index contributed by atoms with van der Waals surface area (Å²) in [6.45, 7) is 9.01. The lowest BCUT2D eigenvalue weighted by molar-refractivity contribution is -0.154. The molecule has 0 heterocycles. The predicted molar refractivity (Wildman–Crippen MR) is 51.1 cm³/mol. The van der Waals surface area contributed by atoms with Gasteiger partial charge in [0.05, 0.1) is 6.58 Å². The molecule has 0 atom stereocenters. The van der Waals surface area contributed by atoms with Gasteiger partial charge in [-0.2, -0.15) is 0 Å². The van der Waals surface area contributed by atoms with Crippen molar-refractivity contribution in [2.45, 2.75) is 51.6 Å². The summed E-state index contributed by atoms with van der Waals surface area (Å²) in [5.41, 5.74) is 0.0391. The maximum atomic E-state index is 11.3. The third-order valence-electron chi connectivity index (χ3n) is 2.79. The lowest BCUT2D eigenvalue weighted by Gasteiger charge is -2.23. The maximum absolute atomic E-state index is 11.3. The van der Waals surface area contributed by atoms with E-state index in [0.29, 0.717) is 0 Å². The van der Waals surface area contributed by atoms with Gasteiger partial charge >= 0.3 is 5.97 Å². The molecule has 1 fully saturated rings. The van der Waals surface area contributed by atoms with Crippen molar-refractivity contribution >= 4 is 5.97 Å². The van der Waals surface area contributed by atoms with Crippen LogP contribution in [0.15, 0.2) is 5.57 Å². The van der Waals surface area contributed by atoms with Crippen LogP contribution in [0.4, 0.5) is 0 Å². The molecule has 1 saturated carbocycles. The van der Waals surface area contributed by atoms with E-state index >= 15 is 0 Å². The van der Waals surface area contributed by atoms with Crippen molar-refractivity contribution in [3.63, 3.8) is 0 Å². The highest BCUT2D eigenvalue weighted by Gasteiger charge is 2.39. The van der Waals surface area contributed by atoms with Gasteiger partial charge in [-0.25, -0.2) is 0 Å². The second-order valence-electron chi connectivity index (χ2n) is 3.82. The molecule has 0 radical (unpaired) electrons. The monoisotopic (exact) mass is 181 g/mol. The molecule has 0 N–H and O–H groups in total. The molecule has 1 aliphatic rings. The number of hydrogen-bond donors (Lipinski definition) is 0. The van der Waals surface area contributed by atoms with E-state index in [1.165, 1.54) is 0 Å². The molecule has 2 heteroatoms. The van der Waals surface area contributed by atoms with Gasteiger partial charge in [-0.3, -0.25) is 0 Å². The first-order chi connectivity index (χ1) is 6.09. The Morgan fingerprint density at radius 1 is 1.46 bits per heavy atom. The first-order valence-electron chi connectivity index (χ1n) is 4.92. The van der Waals surface area contributed by atoms with Crippen LogP contribution >= 0.6 is 0 Å². The molecule has 0 unspecified atom stereocenters. The normalized spacial score (nSPS) is 19.8. The van der Waals surface area contributed by atoms with Gasteiger partial charge in [-0.1, -0.05) is 6.92 Å². The molecule has 0 aromatic rings. The molecule has 2 nitrogen and oxygen atoms in total. The lowest BCUT2D eigenvalue weighted by atomic mass is 9.99. The highest BCUT2D eigenvalue weighted by atomic mass is 16.6. The standard InChI is InChI=1S/C11H17O2/c1-4-11(7-5-6-8-11)13-10(12)9(2)3/h2H,4-8H2,1,3H3/q+1. The molecule has 0 aliphatic heterocycles. The van der Waals surface area contributed by atoms with Crippen molar-refractivity contribution in [1.82, 2.24) is 0 Å². The van der Waals surface area contributed by atoms with Crippen LogP contribution in [0.3, 0.4) is 0 Å². The zero-order valence-electron chi connectivity index (χ0n) is 8.43. The molecule has 0 amide bonds. The summed E-state index contributed by atoms with van der Waals surface area (Å²) in [6.07, 6.45) is 5.19. The highest BCUT2D eigenvalue weighted by molar-refractivity contribution is 5.86. The molecule has 0 saturated heterocycles. The quantitative estimate of drug-likeness (QED) is 0.380. The Morgan fingerprint density at radius 3 is 2.38 bits per heavy atom. The minimum absolute atomic E-state index is 0.211. The minimum atomic E-state index is -0.344. The zero-order chi connectivity index (χ0) is 9.90. The maximum Gasteiger partial charge on any atom is 0.487 e. The topological polar surface area (TPSA) is 26.3 Å². The van der Waals surface area contributed by atoms with E-state index in [4.69, 9.17) is 11.3 Å². The van der Waals surface area contributed by atoms with Crippen LogP contribution in [0.5, 0.6) is 0 Å². The third kappa shape index (κ3) is 2.28. The number of hydrogen-bond acceptors (Lipinski definition) is 2.